The van der Waals surface area contributed by atoms with Gasteiger partial charge in [-0.05, 0) is 17.9 Å². The minimum Gasteiger partial charge on any atom is -0.383 e. The van der Waals surface area contributed by atoms with Gasteiger partial charge in [-0.15, -0.1) is 0 Å². The van der Waals surface area contributed by atoms with E-state index in [1.807, 2.05) is 6.20 Å². The van der Waals surface area contributed by atoms with Gasteiger partial charge in [-0.25, -0.2) is 9.97 Å². The fourth-order valence-electron chi connectivity index (χ4n) is 2.36. The number of pyridine rings is 1. The van der Waals surface area contributed by atoms with E-state index < -0.39 is 0 Å². The summed E-state index contributed by atoms with van der Waals surface area (Å²) in [6, 6.07) is 0. The first kappa shape index (κ1) is 13.9. The molecule has 0 aliphatic carbocycles. The lowest BCUT2D eigenvalue weighted by molar-refractivity contribution is 0.826. The van der Waals surface area contributed by atoms with E-state index in [4.69, 9.17) is 11.5 Å². The number of nitrogen functional groups attached to an aromatic ring is 2. The number of hydrogen-bond donors (Lipinski definition) is 3. The maximum absolute atomic E-state index is 5.96. The Morgan fingerprint density at radius 1 is 1.24 bits per heavy atom. The predicted molar refractivity (Wildman–Crippen MR) is 85.5 cm³/mol. The first-order valence-corrected chi connectivity index (χ1v) is 7.69. The van der Waals surface area contributed by atoms with E-state index in [9.17, 15) is 0 Å². The highest BCUT2D eigenvalue weighted by Crippen LogP contribution is 2.41. The highest BCUT2D eigenvalue weighted by atomic mass is 32.2. The minimum absolute atomic E-state index is 0.197. The van der Waals surface area contributed by atoms with Crippen LogP contribution in [-0.4, -0.2) is 21.5 Å². The highest BCUT2D eigenvalue weighted by Gasteiger charge is 2.22. The van der Waals surface area contributed by atoms with Crippen LogP contribution in [0, 0.1) is 0 Å². The molecule has 0 aromatic carbocycles. The Bertz CT molecular complexity index is 685. The summed E-state index contributed by atoms with van der Waals surface area (Å²) < 4.78 is 0. The molecular formula is C14H18N6S. The molecule has 0 radical (unpaired) electrons. The monoisotopic (exact) mass is 302 g/mol. The fraction of sp³-hybridized carbons (Fsp3) is 0.357. The quantitative estimate of drug-likeness (QED) is 0.799. The van der Waals surface area contributed by atoms with Crippen LogP contribution in [0.3, 0.4) is 0 Å². The predicted octanol–water partition coefficient (Wildman–Crippen LogP) is 2.28. The average Bonchev–Trinajstić information content (AvgIpc) is 2.90. The Labute approximate surface area is 127 Å². The summed E-state index contributed by atoms with van der Waals surface area (Å²) >= 11 is 1.60. The molecule has 5 N–H and O–H groups in total. The molecular weight excluding hydrogens is 284 g/mol. The molecule has 21 heavy (non-hydrogen) atoms. The van der Waals surface area contributed by atoms with Crippen molar-refractivity contribution in [2.24, 2.45) is 0 Å². The van der Waals surface area contributed by atoms with Crippen LogP contribution in [-0.2, 0) is 6.42 Å². The second kappa shape index (κ2) is 5.40. The van der Waals surface area contributed by atoms with Gasteiger partial charge in [0.2, 0.25) is 5.95 Å². The molecule has 1 aliphatic heterocycles. The number of nitrogens with zero attached hydrogens (tertiary/aromatic N) is 3. The van der Waals surface area contributed by atoms with Crippen molar-refractivity contribution in [2.75, 3.05) is 23.3 Å². The van der Waals surface area contributed by atoms with Crippen molar-refractivity contribution < 1.29 is 0 Å². The standard InChI is InChI=1S/C14H18N6S/c1-7(2)9-5-18-13-8(3-4-17-13)11(9)21-10-6-19-14(16)20-12(10)15/h5-7H,3-4H2,1-2H3,(H,17,18)(H4,15,16,19,20). The van der Waals surface area contributed by atoms with E-state index in [0.717, 1.165) is 23.7 Å². The van der Waals surface area contributed by atoms with Gasteiger partial charge in [0.15, 0.2) is 0 Å². The molecule has 0 amide bonds. The largest absolute Gasteiger partial charge is 0.383 e. The molecule has 0 bridgehead atoms. The summed E-state index contributed by atoms with van der Waals surface area (Å²) in [5.41, 5.74) is 14.0. The second-order valence-corrected chi connectivity index (χ2v) is 6.33. The van der Waals surface area contributed by atoms with E-state index in [-0.39, 0.29) is 5.95 Å². The average molecular weight is 302 g/mol. The van der Waals surface area contributed by atoms with Crippen molar-refractivity contribution in [1.82, 2.24) is 15.0 Å². The molecule has 3 rings (SSSR count). The summed E-state index contributed by atoms with van der Waals surface area (Å²) in [5.74, 6) is 1.97. The smallest absolute Gasteiger partial charge is 0.221 e. The van der Waals surface area contributed by atoms with Gasteiger partial charge in [-0.3, -0.25) is 0 Å². The van der Waals surface area contributed by atoms with Gasteiger partial charge in [0, 0.05) is 29.4 Å². The van der Waals surface area contributed by atoms with Crippen molar-refractivity contribution in [1.29, 1.82) is 0 Å². The summed E-state index contributed by atoms with van der Waals surface area (Å²) in [4.78, 5) is 14.6. The third kappa shape index (κ3) is 2.61. The van der Waals surface area contributed by atoms with Crippen LogP contribution in [0.2, 0.25) is 0 Å². The number of fused-ring (bicyclic) bond motifs is 1. The Balaban J connectivity index is 2.06. The summed E-state index contributed by atoms with van der Waals surface area (Å²) in [5, 5.41) is 3.31. The fourth-order valence-corrected chi connectivity index (χ4v) is 3.56. The molecule has 0 fully saturated rings. The Morgan fingerprint density at radius 2 is 2.05 bits per heavy atom. The van der Waals surface area contributed by atoms with Crippen LogP contribution in [0.25, 0.3) is 0 Å². The van der Waals surface area contributed by atoms with Crippen LogP contribution < -0.4 is 16.8 Å². The van der Waals surface area contributed by atoms with Crippen molar-refractivity contribution >= 4 is 29.3 Å². The van der Waals surface area contributed by atoms with Gasteiger partial charge in [-0.2, -0.15) is 4.98 Å². The number of nitrogens with two attached hydrogens (primary N) is 2. The lowest BCUT2D eigenvalue weighted by Gasteiger charge is -2.16. The molecule has 110 valence electrons. The molecule has 0 spiro atoms. The molecule has 1 aliphatic rings. The first-order valence-electron chi connectivity index (χ1n) is 6.87. The SMILES string of the molecule is CC(C)c1cnc2c(c1Sc1cnc(N)nc1N)CCN2. The number of nitrogens with one attached hydrogen (secondary N) is 1. The molecule has 0 saturated carbocycles. The number of aromatic nitrogens is 3. The Kier molecular flexibility index (Phi) is 3.59. The van der Waals surface area contributed by atoms with Gasteiger partial charge in [0.05, 0.1) is 4.90 Å². The van der Waals surface area contributed by atoms with Crippen molar-refractivity contribution in [3.8, 4) is 0 Å². The molecule has 2 aromatic rings. The summed E-state index contributed by atoms with van der Waals surface area (Å²) in [7, 11) is 0. The summed E-state index contributed by atoms with van der Waals surface area (Å²) in [6.45, 7) is 5.25. The van der Waals surface area contributed by atoms with Crippen LogP contribution >= 0.6 is 11.8 Å². The molecule has 0 unspecified atom stereocenters. The molecule has 6 nitrogen and oxygen atoms in total. The van der Waals surface area contributed by atoms with Gasteiger partial charge in [0.25, 0.3) is 0 Å². The number of anilines is 3. The minimum atomic E-state index is 0.197. The van der Waals surface area contributed by atoms with Crippen molar-refractivity contribution in [2.45, 2.75) is 36.0 Å². The van der Waals surface area contributed by atoms with Gasteiger partial charge < -0.3 is 16.8 Å². The van der Waals surface area contributed by atoms with E-state index in [2.05, 4.69) is 34.1 Å². The van der Waals surface area contributed by atoms with E-state index in [1.54, 1.807) is 18.0 Å². The first-order chi connectivity index (χ1) is 10.1. The Morgan fingerprint density at radius 3 is 2.76 bits per heavy atom. The lowest BCUT2D eigenvalue weighted by atomic mass is 10.0. The molecule has 0 saturated heterocycles. The van der Waals surface area contributed by atoms with Crippen LogP contribution in [0.15, 0.2) is 22.2 Å². The third-order valence-electron chi connectivity index (χ3n) is 3.46. The maximum atomic E-state index is 5.96. The van der Waals surface area contributed by atoms with Crippen LogP contribution in [0.1, 0.15) is 30.9 Å². The highest BCUT2D eigenvalue weighted by molar-refractivity contribution is 7.99. The van der Waals surface area contributed by atoms with Gasteiger partial charge in [0.1, 0.15) is 11.6 Å². The lowest BCUT2D eigenvalue weighted by Crippen LogP contribution is -2.02. The number of rotatable bonds is 3. The van der Waals surface area contributed by atoms with Crippen LogP contribution in [0.4, 0.5) is 17.6 Å². The Hall–Kier alpha value is -2.02. The van der Waals surface area contributed by atoms with E-state index >= 15 is 0 Å². The van der Waals surface area contributed by atoms with E-state index in [1.165, 1.54) is 16.0 Å². The van der Waals surface area contributed by atoms with Gasteiger partial charge >= 0.3 is 0 Å². The van der Waals surface area contributed by atoms with E-state index in [0.29, 0.717) is 11.7 Å². The van der Waals surface area contributed by atoms with Gasteiger partial charge in [-0.1, -0.05) is 25.6 Å². The molecule has 7 heteroatoms. The second-order valence-electron chi connectivity index (χ2n) is 5.28. The van der Waals surface area contributed by atoms with Crippen molar-refractivity contribution in [3.63, 3.8) is 0 Å². The maximum Gasteiger partial charge on any atom is 0.221 e. The van der Waals surface area contributed by atoms with Crippen LogP contribution in [0.5, 0.6) is 0 Å². The normalized spacial score (nSPS) is 13.3. The van der Waals surface area contributed by atoms with Crippen molar-refractivity contribution in [3.05, 3.63) is 23.5 Å². The third-order valence-corrected chi connectivity index (χ3v) is 4.68. The topological polar surface area (TPSA) is 103 Å². The molecule has 0 atom stereocenters. The molecule has 3 heterocycles. The zero-order chi connectivity index (χ0) is 15.0. The zero-order valence-electron chi connectivity index (χ0n) is 12.1. The summed E-state index contributed by atoms with van der Waals surface area (Å²) in [6.07, 6.45) is 4.60. The molecule has 2 aromatic heterocycles. The zero-order valence-corrected chi connectivity index (χ0v) is 12.9. The number of hydrogen-bond acceptors (Lipinski definition) is 7.